The average molecular weight is 646 g/mol. The molecule has 179 valence electrons. The first-order valence-corrected chi connectivity index (χ1v) is 11.4. The molecule has 0 saturated heterocycles. The van der Waals surface area contributed by atoms with Gasteiger partial charge in [0.15, 0.2) is 5.89 Å². The molecule has 0 spiro atoms. The molecule has 6 rings (SSSR count). The number of aromatic nitrogens is 3. The van der Waals surface area contributed by atoms with Crippen LogP contribution in [0.2, 0.25) is 0 Å². The van der Waals surface area contributed by atoms with Crippen LogP contribution in [0.15, 0.2) is 108 Å². The maximum Gasteiger partial charge on any atom is 0.237 e. The molecule has 1 radical (unpaired) electrons. The van der Waals surface area contributed by atoms with E-state index in [1.807, 2.05) is 105 Å². The van der Waals surface area contributed by atoms with Crippen LogP contribution in [-0.4, -0.2) is 15.2 Å². The number of pyridine rings is 1. The van der Waals surface area contributed by atoms with Crippen LogP contribution in [0.25, 0.3) is 44.9 Å². The zero-order valence-corrected chi connectivity index (χ0v) is 22.3. The van der Waals surface area contributed by atoms with Gasteiger partial charge >= 0.3 is 0 Å². The predicted molar refractivity (Wildman–Crippen MR) is 139 cm³/mol. The monoisotopic (exact) mass is 646 g/mol. The van der Waals surface area contributed by atoms with Crippen molar-refractivity contribution in [2.24, 2.45) is 0 Å². The minimum atomic E-state index is 0. The summed E-state index contributed by atoms with van der Waals surface area (Å²) in [5.41, 5.74) is 6.14. The smallest absolute Gasteiger partial charge is 0.237 e. The second kappa shape index (κ2) is 11.7. The Morgan fingerprint density at radius 1 is 0.667 bits per heavy atom. The van der Waals surface area contributed by atoms with Crippen molar-refractivity contribution in [2.75, 3.05) is 0 Å². The van der Waals surface area contributed by atoms with Crippen molar-refractivity contribution in [2.45, 2.75) is 13.8 Å². The molecule has 0 amide bonds. The van der Waals surface area contributed by atoms with Gasteiger partial charge < -0.3 is 9.40 Å². The molecule has 0 atom stereocenters. The van der Waals surface area contributed by atoms with Crippen LogP contribution in [0, 0.1) is 26.0 Å². The van der Waals surface area contributed by atoms with Crippen LogP contribution in [0.5, 0.6) is 0 Å². The number of nitrogens with zero attached hydrogens (tertiary/aromatic N) is 3. The second-order valence-corrected chi connectivity index (χ2v) is 8.22. The maximum atomic E-state index is 5.68. The van der Waals surface area contributed by atoms with E-state index < -0.39 is 0 Å². The van der Waals surface area contributed by atoms with E-state index in [9.17, 15) is 0 Å². The summed E-state index contributed by atoms with van der Waals surface area (Å²) < 4.78 is 5.68. The summed E-state index contributed by atoms with van der Waals surface area (Å²) in [6, 6.07) is 38.4. The Hall–Kier alpha value is -3.92. The van der Waals surface area contributed by atoms with Crippen LogP contribution in [0.4, 0.5) is 0 Å². The molecule has 0 bridgehead atoms. The van der Waals surface area contributed by atoms with Gasteiger partial charge in [0.2, 0.25) is 5.89 Å². The number of hydrogen-bond acceptors (Lipinski definition) is 4. The molecule has 0 fully saturated rings. The van der Waals surface area contributed by atoms with E-state index >= 15 is 0 Å². The Morgan fingerprint density at radius 3 is 2.17 bits per heavy atom. The first kappa shape index (κ1) is 25.2. The van der Waals surface area contributed by atoms with Gasteiger partial charge in [-0.3, -0.25) is 0 Å². The van der Waals surface area contributed by atoms with Crippen molar-refractivity contribution < 1.29 is 24.5 Å². The predicted octanol–water partition coefficient (Wildman–Crippen LogP) is 7.52. The van der Waals surface area contributed by atoms with Crippen molar-refractivity contribution in [3.8, 4) is 34.2 Å². The average Bonchev–Trinajstić information content (AvgIpc) is 3.40. The van der Waals surface area contributed by atoms with Crippen molar-refractivity contribution in [3.63, 3.8) is 0 Å². The Kier molecular flexibility index (Phi) is 8.17. The third kappa shape index (κ3) is 5.83. The Bertz CT molecular complexity index is 1480. The molecule has 0 N–H and O–H groups in total. The SMILES string of the molecule is Cc1c[c-]c(-c2nnc(-c3ccc(C)cc3)o2)cc1.[Ir].[c-]1ccccc1-c1nccc2ccccc12. The van der Waals surface area contributed by atoms with Gasteiger partial charge in [-0.25, -0.2) is 0 Å². The molecule has 4 nitrogen and oxygen atoms in total. The van der Waals surface area contributed by atoms with Gasteiger partial charge in [-0.1, -0.05) is 54.4 Å². The molecule has 2 aromatic heterocycles. The van der Waals surface area contributed by atoms with Crippen molar-refractivity contribution in [1.29, 1.82) is 0 Å². The Balaban J connectivity index is 0.000000167. The fourth-order valence-electron chi connectivity index (χ4n) is 3.66. The number of aryl methyl sites for hydroxylation is 2. The van der Waals surface area contributed by atoms with Crippen LogP contribution < -0.4 is 0 Å². The minimum absolute atomic E-state index is 0. The van der Waals surface area contributed by atoms with E-state index in [1.165, 1.54) is 16.3 Å². The van der Waals surface area contributed by atoms with Crippen LogP contribution in [0.3, 0.4) is 0 Å². The van der Waals surface area contributed by atoms with Crippen molar-refractivity contribution in [1.82, 2.24) is 15.2 Å². The van der Waals surface area contributed by atoms with Crippen molar-refractivity contribution >= 4 is 10.8 Å². The molecular weight excluding hydrogens is 623 g/mol. The van der Waals surface area contributed by atoms with E-state index in [-0.39, 0.29) is 20.1 Å². The van der Waals surface area contributed by atoms with E-state index in [0.29, 0.717) is 11.8 Å². The molecule has 0 aliphatic heterocycles. The third-order valence-corrected chi connectivity index (χ3v) is 5.56. The Labute approximate surface area is 224 Å². The zero-order valence-electron chi connectivity index (χ0n) is 19.9. The standard InChI is InChI=1S/C16H13N2O.C15H10N.Ir/c1-11-3-7-13(8-4-11)15-17-18-16(19-15)14-9-5-12(2)6-10-14;1-2-7-13(8-3-1)15-14-9-5-4-6-12(14)10-11-16-15;/h3-9H,1-2H3;1-7,9-11H;/q2*-1;. The van der Waals surface area contributed by atoms with Gasteiger partial charge in [0.05, 0.1) is 0 Å². The normalized spacial score (nSPS) is 10.3. The van der Waals surface area contributed by atoms with Gasteiger partial charge in [-0.05, 0) is 41.6 Å². The summed E-state index contributed by atoms with van der Waals surface area (Å²) in [5, 5.41) is 10.5. The summed E-state index contributed by atoms with van der Waals surface area (Å²) in [6.45, 7) is 4.07. The molecule has 4 aromatic carbocycles. The van der Waals surface area contributed by atoms with Crippen molar-refractivity contribution in [3.05, 3.63) is 127 Å². The minimum Gasteiger partial charge on any atom is -0.464 e. The molecule has 36 heavy (non-hydrogen) atoms. The molecular formula is C31H23IrN3O-2. The van der Waals surface area contributed by atoms with E-state index in [1.54, 1.807) is 0 Å². The third-order valence-electron chi connectivity index (χ3n) is 5.56. The fraction of sp³-hybridized carbons (Fsp3) is 0.0645. The first-order chi connectivity index (χ1) is 17.2. The topological polar surface area (TPSA) is 51.8 Å². The number of fused-ring (bicyclic) bond motifs is 1. The van der Waals surface area contributed by atoms with Crippen LogP contribution >= 0.6 is 0 Å². The molecule has 0 saturated carbocycles. The van der Waals surface area contributed by atoms with Gasteiger partial charge in [0, 0.05) is 31.9 Å². The quantitative estimate of drug-likeness (QED) is 0.187. The zero-order chi connectivity index (χ0) is 24.0. The van der Waals surface area contributed by atoms with E-state index in [0.717, 1.165) is 27.9 Å². The summed E-state index contributed by atoms with van der Waals surface area (Å²) in [6.07, 6.45) is 1.85. The summed E-state index contributed by atoms with van der Waals surface area (Å²) in [7, 11) is 0. The molecule has 2 heterocycles. The molecule has 6 aromatic rings. The van der Waals surface area contributed by atoms with E-state index in [4.69, 9.17) is 4.42 Å². The summed E-state index contributed by atoms with van der Waals surface area (Å²) in [4.78, 5) is 4.45. The first-order valence-electron chi connectivity index (χ1n) is 11.4. The summed E-state index contributed by atoms with van der Waals surface area (Å²) in [5.74, 6) is 1.03. The van der Waals surface area contributed by atoms with Crippen LogP contribution in [0.1, 0.15) is 11.1 Å². The Morgan fingerprint density at radius 2 is 1.42 bits per heavy atom. The largest absolute Gasteiger partial charge is 0.464 e. The number of benzene rings is 4. The maximum absolute atomic E-state index is 5.68. The molecule has 5 heteroatoms. The number of rotatable bonds is 3. The molecule has 0 aliphatic rings. The van der Waals surface area contributed by atoms with Crippen LogP contribution in [-0.2, 0) is 20.1 Å². The van der Waals surface area contributed by atoms with Gasteiger partial charge in [0.25, 0.3) is 0 Å². The van der Waals surface area contributed by atoms with Gasteiger partial charge in [0.1, 0.15) is 0 Å². The second-order valence-electron chi connectivity index (χ2n) is 8.22. The fourth-order valence-corrected chi connectivity index (χ4v) is 3.66. The summed E-state index contributed by atoms with van der Waals surface area (Å²) >= 11 is 0. The van der Waals surface area contributed by atoms with Gasteiger partial charge in [-0.2, -0.15) is 5.10 Å². The van der Waals surface area contributed by atoms with E-state index in [2.05, 4.69) is 39.4 Å². The number of hydrogen-bond donors (Lipinski definition) is 0. The molecule has 0 aliphatic carbocycles. The van der Waals surface area contributed by atoms with Gasteiger partial charge in [-0.15, -0.1) is 70.8 Å². The molecule has 0 unspecified atom stereocenters.